The van der Waals surface area contributed by atoms with E-state index < -0.39 is 0 Å². The summed E-state index contributed by atoms with van der Waals surface area (Å²) in [5, 5.41) is 10.5. The van der Waals surface area contributed by atoms with Gasteiger partial charge in [0, 0.05) is 30.2 Å². The van der Waals surface area contributed by atoms with Gasteiger partial charge in [0.25, 0.3) is 0 Å². The van der Waals surface area contributed by atoms with E-state index in [0.717, 1.165) is 34.4 Å². The molecule has 96 valence electrons. The quantitative estimate of drug-likeness (QED) is 0.806. The Hall–Kier alpha value is -1.17. The number of hydrogen-bond acceptors (Lipinski definition) is 3. The summed E-state index contributed by atoms with van der Waals surface area (Å²) in [6.07, 6.45) is 1.86. The van der Waals surface area contributed by atoms with Gasteiger partial charge in [-0.3, -0.25) is 5.10 Å². The maximum absolute atomic E-state index is 5.00. The van der Waals surface area contributed by atoms with Gasteiger partial charge >= 0.3 is 0 Å². The zero-order valence-corrected chi connectivity index (χ0v) is 11.8. The zero-order chi connectivity index (χ0) is 12.8. The summed E-state index contributed by atoms with van der Waals surface area (Å²) in [6, 6.07) is 8.18. The van der Waals surface area contributed by atoms with Gasteiger partial charge in [0.05, 0.1) is 18.5 Å². The molecular formula is C13H16BrN3O. The third-order valence-electron chi connectivity index (χ3n) is 2.65. The molecule has 5 heteroatoms. The Bertz CT molecular complexity index is 481. The highest BCUT2D eigenvalue weighted by molar-refractivity contribution is 9.10. The summed E-state index contributed by atoms with van der Waals surface area (Å²) >= 11 is 3.43. The average molecular weight is 310 g/mol. The van der Waals surface area contributed by atoms with Crippen LogP contribution in [0.3, 0.4) is 0 Å². The van der Waals surface area contributed by atoms with E-state index in [-0.39, 0.29) is 0 Å². The largest absolute Gasteiger partial charge is 0.383 e. The Balaban J connectivity index is 2.05. The van der Waals surface area contributed by atoms with Crippen LogP contribution in [-0.4, -0.2) is 30.5 Å². The monoisotopic (exact) mass is 309 g/mol. The molecule has 0 aliphatic heterocycles. The molecule has 4 nitrogen and oxygen atoms in total. The van der Waals surface area contributed by atoms with Crippen LogP contribution in [-0.2, 0) is 11.3 Å². The van der Waals surface area contributed by atoms with Gasteiger partial charge in [-0.05, 0) is 17.7 Å². The molecule has 1 aromatic carbocycles. The Morgan fingerprint density at radius 3 is 2.83 bits per heavy atom. The number of nitrogens with zero attached hydrogens (tertiary/aromatic N) is 1. The second kappa shape index (κ2) is 6.68. The zero-order valence-electron chi connectivity index (χ0n) is 10.2. The fourth-order valence-corrected chi connectivity index (χ4v) is 1.97. The minimum Gasteiger partial charge on any atom is -0.383 e. The molecule has 0 fully saturated rings. The summed E-state index contributed by atoms with van der Waals surface area (Å²) in [4.78, 5) is 0. The molecule has 0 amide bonds. The van der Waals surface area contributed by atoms with E-state index in [1.54, 1.807) is 7.11 Å². The van der Waals surface area contributed by atoms with Gasteiger partial charge in [-0.25, -0.2) is 0 Å². The van der Waals surface area contributed by atoms with Crippen molar-refractivity contribution in [2.45, 2.75) is 6.54 Å². The topological polar surface area (TPSA) is 49.9 Å². The second-order valence-electron chi connectivity index (χ2n) is 3.95. The van der Waals surface area contributed by atoms with Crippen molar-refractivity contribution in [3.63, 3.8) is 0 Å². The molecule has 0 unspecified atom stereocenters. The standard InChI is InChI=1S/C13H16BrN3O/c1-18-7-6-15-8-11-9-16-17-13(11)10-2-4-12(14)5-3-10/h2-5,9,15H,6-8H2,1H3,(H,16,17). The maximum Gasteiger partial charge on any atom is 0.0695 e. The SMILES string of the molecule is COCCNCc1cn[nH]c1-c1ccc(Br)cc1. The van der Waals surface area contributed by atoms with E-state index in [4.69, 9.17) is 4.74 Å². The molecule has 0 bridgehead atoms. The predicted octanol–water partition coefficient (Wildman–Crippen LogP) is 2.58. The van der Waals surface area contributed by atoms with Crippen molar-refractivity contribution in [3.05, 3.63) is 40.5 Å². The summed E-state index contributed by atoms with van der Waals surface area (Å²) < 4.78 is 6.07. The van der Waals surface area contributed by atoms with Gasteiger partial charge in [-0.2, -0.15) is 5.10 Å². The minimum atomic E-state index is 0.714. The van der Waals surface area contributed by atoms with E-state index in [2.05, 4.69) is 43.6 Å². The summed E-state index contributed by atoms with van der Waals surface area (Å²) in [7, 11) is 1.70. The van der Waals surface area contributed by atoms with Crippen LogP contribution in [0, 0.1) is 0 Å². The smallest absolute Gasteiger partial charge is 0.0695 e. The fraction of sp³-hybridized carbons (Fsp3) is 0.308. The maximum atomic E-state index is 5.00. The van der Waals surface area contributed by atoms with Crippen molar-refractivity contribution in [2.24, 2.45) is 0 Å². The molecule has 18 heavy (non-hydrogen) atoms. The first-order valence-corrected chi connectivity index (χ1v) is 6.58. The number of methoxy groups -OCH3 is 1. The molecule has 0 aliphatic carbocycles. The highest BCUT2D eigenvalue weighted by Gasteiger charge is 2.06. The van der Waals surface area contributed by atoms with Crippen LogP contribution in [0.5, 0.6) is 0 Å². The van der Waals surface area contributed by atoms with Gasteiger partial charge in [-0.1, -0.05) is 28.1 Å². The van der Waals surface area contributed by atoms with Crippen molar-refractivity contribution in [1.82, 2.24) is 15.5 Å². The van der Waals surface area contributed by atoms with Crippen LogP contribution in [0.15, 0.2) is 34.9 Å². The van der Waals surface area contributed by atoms with Crippen LogP contribution in [0.25, 0.3) is 11.3 Å². The van der Waals surface area contributed by atoms with Crippen molar-refractivity contribution in [2.75, 3.05) is 20.3 Å². The molecule has 0 saturated carbocycles. The van der Waals surface area contributed by atoms with Gasteiger partial charge in [0.15, 0.2) is 0 Å². The molecule has 2 aromatic rings. The van der Waals surface area contributed by atoms with Crippen molar-refractivity contribution >= 4 is 15.9 Å². The molecule has 0 atom stereocenters. The van der Waals surface area contributed by atoms with Crippen LogP contribution < -0.4 is 5.32 Å². The first-order chi connectivity index (χ1) is 8.81. The Labute approximate surface area is 115 Å². The normalized spacial score (nSPS) is 10.8. The first kappa shape index (κ1) is 13.3. The molecule has 2 N–H and O–H groups in total. The van der Waals surface area contributed by atoms with E-state index in [0.29, 0.717) is 6.61 Å². The molecule has 1 heterocycles. The predicted molar refractivity (Wildman–Crippen MR) is 75.3 cm³/mol. The number of aromatic amines is 1. The van der Waals surface area contributed by atoms with E-state index in [1.165, 1.54) is 0 Å². The highest BCUT2D eigenvalue weighted by atomic mass is 79.9. The number of rotatable bonds is 6. The average Bonchev–Trinajstić information content (AvgIpc) is 2.84. The lowest BCUT2D eigenvalue weighted by molar-refractivity contribution is 0.199. The van der Waals surface area contributed by atoms with Crippen molar-refractivity contribution < 1.29 is 4.74 Å². The van der Waals surface area contributed by atoms with Crippen LogP contribution in [0.4, 0.5) is 0 Å². The molecule has 2 rings (SSSR count). The lowest BCUT2D eigenvalue weighted by Gasteiger charge is -2.05. The Kier molecular flexibility index (Phi) is 4.92. The van der Waals surface area contributed by atoms with E-state index in [9.17, 15) is 0 Å². The number of halogens is 1. The number of nitrogens with one attached hydrogen (secondary N) is 2. The number of ether oxygens (including phenoxy) is 1. The summed E-state index contributed by atoms with van der Waals surface area (Å²) in [5.41, 5.74) is 3.36. The molecule has 0 aliphatic rings. The Morgan fingerprint density at radius 2 is 2.11 bits per heavy atom. The molecule has 0 spiro atoms. The van der Waals surface area contributed by atoms with Gasteiger partial charge in [0.1, 0.15) is 0 Å². The molecule has 0 radical (unpaired) electrons. The molecule has 1 aromatic heterocycles. The van der Waals surface area contributed by atoms with E-state index in [1.807, 2.05) is 18.3 Å². The third-order valence-corrected chi connectivity index (χ3v) is 3.18. The van der Waals surface area contributed by atoms with Gasteiger partial charge in [-0.15, -0.1) is 0 Å². The summed E-state index contributed by atoms with van der Waals surface area (Å²) in [5.74, 6) is 0. The minimum absolute atomic E-state index is 0.714. The number of H-pyrrole nitrogens is 1. The Morgan fingerprint density at radius 1 is 1.33 bits per heavy atom. The first-order valence-electron chi connectivity index (χ1n) is 5.79. The highest BCUT2D eigenvalue weighted by Crippen LogP contribution is 2.22. The lowest BCUT2D eigenvalue weighted by atomic mass is 10.1. The number of aromatic nitrogens is 2. The lowest BCUT2D eigenvalue weighted by Crippen LogP contribution is -2.18. The second-order valence-corrected chi connectivity index (χ2v) is 4.86. The summed E-state index contributed by atoms with van der Waals surface area (Å²) in [6.45, 7) is 2.33. The van der Waals surface area contributed by atoms with Crippen molar-refractivity contribution in [3.8, 4) is 11.3 Å². The van der Waals surface area contributed by atoms with Gasteiger partial charge < -0.3 is 10.1 Å². The van der Waals surface area contributed by atoms with Gasteiger partial charge in [0.2, 0.25) is 0 Å². The van der Waals surface area contributed by atoms with Crippen LogP contribution >= 0.6 is 15.9 Å². The third kappa shape index (κ3) is 3.41. The van der Waals surface area contributed by atoms with Crippen LogP contribution in [0.1, 0.15) is 5.56 Å². The molecule has 0 saturated heterocycles. The number of benzene rings is 1. The number of hydrogen-bond donors (Lipinski definition) is 2. The van der Waals surface area contributed by atoms with Crippen molar-refractivity contribution in [1.29, 1.82) is 0 Å². The molecular weight excluding hydrogens is 294 g/mol. The van der Waals surface area contributed by atoms with Crippen LogP contribution in [0.2, 0.25) is 0 Å². The fourth-order valence-electron chi connectivity index (χ4n) is 1.71. The van der Waals surface area contributed by atoms with E-state index >= 15 is 0 Å².